The number of hydrogen-bond acceptors (Lipinski definition) is 4. The molecule has 5 rings (SSSR count). The van der Waals surface area contributed by atoms with Crippen LogP contribution in [0, 0.1) is 27.7 Å². The number of nitrogens with zero attached hydrogens (tertiary/aromatic N) is 3. The Morgan fingerprint density at radius 1 is 0.800 bits per heavy atom. The Morgan fingerprint density at radius 2 is 1.48 bits per heavy atom. The van der Waals surface area contributed by atoms with Crippen LogP contribution in [0.3, 0.4) is 0 Å². The van der Waals surface area contributed by atoms with Gasteiger partial charge >= 0.3 is 6.03 Å². The van der Waals surface area contributed by atoms with Gasteiger partial charge in [0.15, 0.2) is 0 Å². The van der Waals surface area contributed by atoms with Gasteiger partial charge in [-0.3, -0.25) is 9.59 Å². The fraction of sp³-hybridized carbons (Fsp3) is 0.344. The minimum atomic E-state index is -0.808. The first-order valence-corrected chi connectivity index (χ1v) is 13.8. The first-order valence-electron chi connectivity index (χ1n) is 13.8. The monoisotopic (exact) mass is 539 g/mol. The van der Waals surface area contributed by atoms with Gasteiger partial charge in [-0.15, -0.1) is 0 Å². The van der Waals surface area contributed by atoms with E-state index in [0.717, 1.165) is 39.3 Å². The first kappa shape index (κ1) is 27.2. The maximum atomic E-state index is 14.0. The van der Waals surface area contributed by atoms with Gasteiger partial charge in [-0.05, 0) is 87.1 Å². The Balaban J connectivity index is 1.31. The molecule has 1 spiro atoms. The number of likely N-dealkylation sites (tertiary alicyclic amines) is 1. The van der Waals surface area contributed by atoms with Crippen molar-refractivity contribution in [1.82, 2.24) is 9.80 Å². The van der Waals surface area contributed by atoms with Crippen molar-refractivity contribution >= 4 is 34.9 Å². The topological polar surface area (TPSA) is 85.0 Å². The molecule has 2 aliphatic rings. The first-order chi connectivity index (χ1) is 19.2. The van der Waals surface area contributed by atoms with E-state index in [1.165, 1.54) is 0 Å². The number of nitrogens with one attached hydrogen (secondary N) is 2. The molecule has 3 aromatic rings. The molecule has 0 bridgehead atoms. The third-order valence-corrected chi connectivity index (χ3v) is 8.30. The SMILES string of the molecule is Cc1ccc(NC(=O)CN2CN(c3ccccc3)C3(CCN(C(=O)Nc4c(C)cccc4C)CC3)C2=O)cc1C. The van der Waals surface area contributed by atoms with Gasteiger partial charge in [-0.25, -0.2) is 4.79 Å². The molecule has 0 saturated carbocycles. The molecular weight excluding hydrogens is 502 g/mol. The zero-order valence-electron chi connectivity index (χ0n) is 23.7. The smallest absolute Gasteiger partial charge is 0.321 e. The van der Waals surface area contributed by atoms with E-state index in [9.17, 15) is 14.4 Å². The van der Waals surface area contributed by atoms with Gasteiger partial charge in [-0.2, -0.15) is 0 Å². The second-order valence-corrected chi connectivity index (χ2v) is 11.0. The molecule has 0 atom stereocenters. The van der Waals surface area contributed by atoms with Crippen molar-refractivity contribution in [2.45, 2.75) is 46.1 Å². The molecule has 0 aliphatic carbocycles. The van der Waals surface area contributed by atoms with Crippen LogP contribution < -0.4 is 15.5 Å². The van der Waals surface area contributed by atoms with Crippen LogP contribution in [0.25, 0.3) is 0 Å². The number of aryl methyl sites for hydroxylation is 4. The number of urea groups is 1. The van der Waals surface area contributed by atoms with Crippen molar-refractivity contribution in [3.63, 3.8) is 0 Å². The summed E-state index contributed by atoms with van der Waals surface area (Å²) in [6.07, 6.45) is 0.965. The average Bonchev–Trinajstić information content (AvgIpc) is 3.19. The Labute approximate surface area is 236 Å². The molecule has 2 fully saturated rings. The highest BCUT2D eigenvalue weighted by atomic mass is 16.2. The van der Waals surface area contributed by atoms with E-state index in [0.29, 0.717) is 32.6 Å². The Kier molecular flexibility index (Phi) is 7.52. The number of anilines is 3. The van der Waals surface area contributed by atoms with E-state index in [2.05, 4.69) is 15.5 Å². The van der Waals surface area contributed by atoms with Gasteiger partial charge < -0.3 is 25.3 Å². The van der Waals surface area contributed by atoms with Gasteiger partial charge in [0.05, 0.1) is 6.67 Å². The maximum absolute atomic E-state index is 14.0. The fourth-order valence-electron chi connectivity index (χ4n) is 5.79. The number of benzene rings is 3. The average molecular weight is 540 g/mol. The van der Waals surface area contributed by atoms with Gasteiger partial charge in [-0.1, -0.05) is 42.5 Å². The summed E-state index contributed by atoms with van der Waals surface area (Å²) in [5.74, 6) is -0.298. The van der Waals surface area contributed by atoms with E-state index in [-0.39, 0.29) is 24.4 Å². The highest BCUT2D eigenvalue weighted by molar-refractivity contribution is 5.99. The summed E-state index contributed by atoms with van der Waals surface area (Å²) in [7, 11) is 0. The van der Waals surface area contributed by atoms with E-state index in [1.54, 1.807) is 9.80 Å². The molecule has 208 valence electrons. The van der Waals surface area contributed by atoms with Crippen molar-refractivity contribution < 1.29 is 14.4 Å². The van der Waals surface area contributed by atoms with Crippen LogP contribution >= 0.6 is 0 Å². The summed E-state index contributed by atoms with van der Waals surface area (Å²) < 4.78 is 0. The van der Waals surface area contributed by atoms with Crippen LogP contribution in [0.5, 0.6) is 0 Å². The van der Waals surface area contributed by atoms with Crippen molar-refractivity contribution in [2.24, 2.45) is 0 Å². The lowest BCUT2D eigenvalue weighted by molar-refractivity contribution is -0.136. The summed E-state index contributed by atoms with van der Waals surface area (Å²) in [6, 6.07) is 21.4. The molecule has 3 aromatic carbocycles. The fourth-order valence-corrected chi connectivity index (χ4v) is 5.79. The molecular formula is C32H37N5O3. The van der Waals surface area contributed by atoms with Gasteiger partial charge in [0.1, 0.15) is 12.1 Å². The largest absolute Gasteiger partial charge is 0.339 e. The molecule has 2 heterocycles. The van der Waals surface area contributed by atoms with E-state index in [1.807, 2.05) is 94.4 Å². The summed E-state index contributed by atoms with van der Waals surface area (Å²) in [6.45, 7) is 9.15. The molecule has 40 heavy (non-hydrogen) atoms. The minimum Gasteiger partial charge on any atom is -0.339 e. The Bertz CT molecular complexity index is 1410. The van der Waals surface area contributed by atoms with E-state index >= 15 is 0 Å². The Hall–Kier alpha value is -4.33. The second kappa shape index (κ2) is 11.0. The number of piperidine rings is 1. The van der Waals surface area contributed by atoms with Crippen LogP contribution in [0.4, 0.5) is 21.9 Å². The molecule has 0 aromatic heterocycles. The van der Waals surface area contributed by atoms with Crippen molar-refractivity contribution in [1.29, 1.82) is 0 Å². The zero-order valence-corrected chi connectivity index (χ0v) is 23.7. The van der Waals surface area contributed by atoms with Crippen LogP contribution in [0.1, 0.15) is 35.1 Å². The zero-order chi connectivity index (χ0) is 28.4. The summed E-state index contributed by atoms with van der Waals surface area (Å²) >= 11 is 0. The third kappa shape index (κ3) is 5.26. The van der Waals surface area contributed by atoms with Crippen molar-refractivity contribution in [3.05, 3.63) is 89.0 Å². The second-order valence-electron chi connectivity index (χ2n) is 11.0. The van der Waals surface area contributed by atoms with Gasteiger partial charge in [0, 0.05) is 30.2 Å². The highest BCUT2D eigenvalue weighted by Gasteiger charge is 2.54. The predicted octanol–water partition coefficient (Wildman–Crippen LogP) is 5.23. The minimum absolute atomic E-state index is 0.0341. The van der Waals surface area contributed by atoms with E-state index < -0.39 is 5.54 Å². The van der Waals surface area contributed by atoms with Gasteiger partial charge in [0.2, 0.25) is 5.91 Å². The number of rotatable bonds is 5. The number of hydrogen-bond donors (Lipinski definition) is 2. The van der Waals surface area contributed by atoms with Crippen molar-refractivity contribution in [3.8, 4) is 0 Å². The number of para-hydroxylation sites is 2. The summed E-state index contributed by atoms with van der Waals surface area (Å²) in [5, 5.41) is 6.02. The summed E-state index contributed by atoms with van der Waals surface area (Å²) in [5.41, 5.74) is 5.95. The molecule has 0 radical (unpaired) electrons. The molecule has 8 nitrogen and oxygen atoms in total. The lowest BCUT2D eigenvalue weighted by Gasteiger charge is -2.43. The molecule has 0 unspecified atom stereocenters. The molecule has 2 saturated heterocycles. The third-order valence-electron chi connectivity index (χ3n) is 8.30. The molecule has 8 heteroatoms. The van der Waals surface area contributed by atoms with Gasteiger partial charge in [0.25, 0.3) is 5.91 Å². The normalized spacial score (nSPS) is 16.4. The maximum Gasteiger partial charge on any atom is 0.321 e. The van der Waals surface area contributed by atoms with Crippen LogP contribution in [-0.2, 0) is 9.59 Å². The number of amides is 4. The van der Waals surface area contributed by atoms with Crippen LogP contribution in [0.15, 0.2) is 66.7 Å². The standard InChI is InChI=1S/C32H37N5O3/c1-22-13-14-26(19-25(22)4)33-28(38)20-36-21-37(27-11-6-5-7-12-27)32(30(36)39)15-17-35(18-16-32)31(40)34-29-23(2)9-8-10-24(29)3/h5-14,19H,15-18,20-21H2,1-4H3,(H,33,38)(H,34,40). The molecule has 2 aliphatic heterocycles. The Morgan fingerprint density at radius 3 is 2.12 bits per heavy atom. The van der Waals surface area contributed by atoms with Crippen LogP contribution in [-0.4, -0.2) is 59.5 Å². The lowest BCUT2D eigenvalue weighted by atomic mass is 9.85. The molecule has 2 N–H and O–H groups in total. The van der Waals surface area contributed by atoms with Crippen LogP contribution in [0.2, 0.25) is 0 Å². The highest BCUT2D eigenvalue weighted by Crippen LogP contribution is 2.39. The predicted molar refractivity (Wildman–Crippen MR) is 159 cm³/mol. The summed E-state index contributed by atoms with van der Waals surface area (Å²) in [4.78, 5) is 45.7. The van der Waals surface area contributed by atoms with E-state index in [4.69, 9.17) is 0 Å². The van der Waals surface area contributed by atoms with Crippen molar-refractivity contribution in [2.75, 3.05) is 41.8 Å². The quantitative estimate of drug-likeness (QED) is 0.465. The number of carbonyl (C=O) groups is 3. The lowest BCUT2D eigenvalue weighted by Crippen LogP contribution is -2.58. The molecule has 4 amide bonds. The number of carbonyl (C=O) groups excluding carboxylic acids is 3.